The van der Waals surface area contributed by atoms with E-state index < -0.39 is 41.7 Å². The van der Waals surface area contributed by atoms with E-state index in [1.54, 1.807) is 0 Å². The molecule has 30 heavy (non-hydrogen) atoms. The summed E-state index contributed by atoms with van der Waals surface area (Å²) in [4.78, 5) is 20.1. The second-order valence-corrected chi connectivity index (χ2v) is 6.95. The van der Waals surface area contributed by atoms with Crippen LogP contribution >= 0.6 is 0 Å². The monoisotopic (exact) mass is 417 g/mol. The molecule has 2 aromatic rings. The van der Waals surface area contributed by atoms with E-state index >= 15 is 4.39 Å². The molecule has 0 bridgehead atoms. The Labute approximate surface area is 170 Å². The average molecular weight is 417 g/mol. The number of nitrogens with two attached hydrogens (primary N) is 1. The molecule has 0 aliphatic carbocycles. The van der Waals surface area contributed by atoms with Crippen LogP contribution in [0.3, 0.4) is 0 Å². The minimum atomic E-state index is -2.04. The first-order chi connectivity index (χ1) is 14.2. The Hall–Kier alpha value is -3.61. The van der Waals surface area contributed by atoms with Crippen LogP contribution in [0.15, 0.2) is 41.5 Å². The molecule has 1 aliphatic rings. The summed E-state index contributed by atoms with van der Waals surface area (Å²) in [6.45, 7) is 2.38. The Balaban J connectivity index is 1.94. The van der Waals surface area contributed by atoms with Gasteiger partial charge in [0.05, 0.1) is 5.56 Å². The van der Waals surface area contributed by atoms with Gasteiger partial charge in [0.25, 0.3) is 11.9 Å². The van der Waals surface area contributed by atoms with Gasteiger partial charge in [-0.15, -0.1) is 0 Å². The van der Waals surface area contributed by atoms with Gasteiger partial charge in [-0.05, 0) is 44.2 Å². The number of pyridine rings is 1. The zero-order valence-electron chi connectivity index (χ0n) is 16.1. The summed E-state index contributed by atoms with van der Waals surface area (Å²) in [5, 5.41) is 11.3. The van der Waals surface area contributed by atoms with Crippen molar-refractivity contribution in [3.63, 3.8) is 0 Å². The van der Waals surface area contributed by atoms with Gasteiger partial charge >= 0.3 is 0 Å². The number of nitriles is 1. The van der Waals surface area contributed by atoms with E-state index in [4.69, 9.17) is 15.7 Å². The summed E-state index contributed by atoms with van der Waals surface area (Å²) < 4.78 is 48.5. The third-order valence-corrected chi connectivity index (χ3v) is 4.77. The van der Waals surface area contributed by atoms with E-state index in [2.05, 4.69) is 15.3 Å². The van der Waals surface area contributed by atoms with Gasteiger partial charge in [-0.1, -0.05) is 0 Å². The molecule has 4 atom stereocenters. The fourth-order valence-corrected chi connectivity index (χ4v) is 3.15. The van der Waals surface area contributed by atoms with Crippen molar-refractivity contribution in [1.82, 2.24) is 4.98 Å². The van der Waals surface area contributed by atoms with E-state index in [0.717, 1.165) is 13.0 Å². The minimum Gasteiger partial charge on any atom is -0.456 e. The van der Waals surface area contributed by atoms with Gasteiger partial charge in [-0.2, -0.15) is 5.26 Å². The highest BCUT2D eigenvalue weighted by Gasteiger charge is 2.50. The van der Waals surface area contributed by atoms with Gasteiger partial charge in [-0.25, -0.2) is 23.1 Å². The van der Waals surface area contributed by atoms with Crippen LogP contribution in [-0.4, -0.2) is 35.4 Å². The third kappa shape index (κ3) is 3.91. The quantitative estimate of drug-likeness (QED) is 0.794. The molecule has 0 fully saturated rings. The number of nitrogens with one attached hydrogen (secondary N) is 1. The van der Waals surface area contributed by atoms with Crippen LogP contribution in [0, 0.1) is 17.1 Å². The number of halogens is 3. The smallest absolute Gasteiger partial charge is 0.283 e. The lowest BCUT2D eigenvalue weighted by atomic mass is 9.83. The number of amides is 1. The van der Waals surface area contributed by atoms with Crippen LogP contribution < -0.4 is 11.1 Å². The number of ether oxygens (including phenoxy) is 1. The number of carbonyl (C=O) groups is 1. The predicted octanol–water partition coefficient (Wildman–Crippen LogP) is 2.97. The predicted molar refractivity (Wildman–Crippen MR) is 103 cm³/mol. The van der Waals surface area contributed by atoms with Crippen molar-refractivity contribution >= 4 is 17.6 Å². The molecule has 1 aliphatic heterocycles. The Morgan fingerprint density at radius 3 is 2.73 bits per heavy atom. The highest BCUT2D eigenvalue weighted by Crippen LogP contribution is 2.40. The maximum atomic E-state index is 15.1. The van der Waals surface area contributed by atoms with E-state index in [1.807, 2.05) is 6.07 Å². The minimum absolute atomic E-state index is 0.0223. The number of aromatic nitrogens is 1. The molecule has 0 saturated carbocycles. The summed E-state index contributed by atoms with van der Waals surface area (Å²) in [7, 11) is 0. The normalized spacial score (nSPS) is 24.2. The van der Waals surface area contributed by atoms with Crippen LogP contribution in [0.4, 0.5) is 18.9 Å². The maximum absolute atomic E-state index is 15.1. The van der Waals surface area contributed by atoms with Crippen LogP contribution in [0.25, 0.3) is 0 Å². The van der Waals surface area contributed by atoms with Crippen molar-refractivity contribution in [2.75, 3.05) is 5.32 Å². The summed E-state index contributed by atoms with van der Waals surface area (Å²) in [6.07, 6.45) is -4.09. The highest BCUT2D eigenvalue weighted by atomic mass is 19.1. The molecule has 7 nitrogen and oxygen atoms in total. The van der Waals surface area contributed by atoms with E-state index in [-0.39, 0.29) is 22.5 Å². The number of nitrogens with zero attached hydrogens (tertiary/aromatic N) is 3. The zero-order chi connectivity index (χ0) is 22.1. The number of carbonyl (C=O) groups excluding carboxylic acids is 1. The molecular formula is C20H18F3N5O2. The number of hydrogen-bond donors (Lipinski definition) is 2. The zero-order valence-corrected chi connectivity index (χ0v) is 16.1. The van der Waals surface area contributed by atoms with Crippen LogP contribution in [0.1, 0.15) is 35.5 Å². The van der Waals surface area contributed by atoms with Crippen molar-refractivity contribution in [2.45, 2.75) is 37.8 Å². The molecule has 156 valence electrons. The van der Waals surface area contributed by atoms with Crippen LogP contribution in [0.5, 0.6) is 0 Å². The Morgan fingerprint density at radius 1 is 1.40 bits per heavy atom. The lowest BCUT2D eigenvalue weighted by molar-refractivity contribution is -0.0230. The lowest BCUT2D eigenvalue weighted by Gasteiger charge is -2.39. The van der Waals surface area contributed by atoms with E-state index in [0.29, 0.717) is 0 Å². The molecule has 10 heteroatoms. The number of benzene rings is 1. The number of alkyl halides is 2. The molecule has 2 heterocycles. The van der Waals surface area contributed by atoms with Crippen molar-refractivity contribution in [3.8, 4) is 6.07 Å². The standard InChI is InChI=1S/C20H18F3N5O2/c1-10(21)16-17(23)20(2,28-19(25)30-16)13-7-12(4-5-14(13)22)27-18(29)15-6-3-11(8-24)9-26-15/h3-7,9-10,16-17H,1-2H3,(H2,25,28)(H,27,29)/t10-,16+,17-,20+/m0/s1. The van der Waals surface area contributed by atoms with Crippen molar-refractivity contribution < 1.29 is 22.7 Å². The van der Waals surface area contributed by atoms with Crippen molar-refractivity contribution in [2.24, 2.45) is 10.7 Å². The molecular weight excluding hydrogens is 399 g/mol. The largest absolute Gasteiger partial charge is 0.456 e. The SMILES string of the molecule is C[C@H](F)[C@H]1OC(N)=N[C@](C)(c2cc(NC(=O)c3ccc(C#N)cn3)ccc2F)[C@H]1F. The number of aliphatic imine (C=N–C) groups is 1. The molecule has 1 aromatic carbocycles. The van der Waals surface area contributed by atoms with Gasteiger partial charge in [0.2, 0.25) is 0 Å². The second-order valence-electron chi connectivity index (χ2n) is 6.95. The molecule has 0 saturated heterocycles. The van der Waals surface area contributed by atoms with Gasteiger partial charge in [-0.3, -0.25) is 4.79 Å². The fourth-order valence-electron chi connectivity index (χ4n) is 3.15. The number of hydrogen-bond acceptors (Lipinski definition) is 6. The molecule has 0 spiro atoms. The van der Waals surface area contributed by atoms with Crippen LogP contribution in [-0.2, 0) is 10.3 Å². The summed E-state index contributed by atoms with van der Waals surface area (Å²) in [6, 6.07) is 7.71. The number of anilines is 1. The molecule has 1 aromatic heterocycles. The van der Waals surface area contributed by atoms with E-state index in [9.17, 15) is 13.6 Å². The summed E-state index contributed by atoms with van der Waals surface area (Å²) >= 11 is 0. The van der Waals surface area contributed by atoms with Crippen LogP contribution in [0.2, 0.25) is 0 Å². The van der Waals surface area contributed by atoms with E-state index in [1.165, 1.54) is 37.4 Å². The number of amidine groups is 1. The highest BCUT2D eigenvalue weighted by molar-refractivity contribution is 6.02. The molecule has 0 radical (unpaired) electrons. The Morgan fingerprint density at radius 2 is 2.13 bits per heavy atom. The lowest BCUT2D eigenvalue weighted by Crippen LogP contribution is -2.52. The Bertz CT molecular complexity index is 1040. The topological polar surface area (TPSA) is 113 Å². The average Bonchev–Trinajstić information content (AvgIpc) is 2.71. The molecule has 3 rings (SSSR count). The number of rotatable bonds is 4. The second kappa shape index (κ2) is 8.02. The van der Waals surface area contributed by atoms with Gasteiger partial charge < -0.3 is 15.8 Å². The summed E-state index contributed by atoms with van der Waals surface area (Å²) in [5.41, 5.74) is 3.93. The van der Waals surface area contributed by atoms with Gasteiger partial charge in [0.1, 0.15) is 29.3 Å². The fraction of sp³-hybridized carbons (Fsp3) is 0.300. The van der Waals surface area contributed by atoms with Crippen molar-refractivity contribution in [1.29, 1.82) is 5.26 Å². The first-order valence-corrected chi connectivity index (χ1v) is 8.93. The molecule has 0 unspecified atom stereocenters. The van der Waals surface area contributed by atoms with Crippen molar-refractivity contribution in [3.05, 3.63) is 59.2 Å². The first kappa shape index (κ1) is 21.1. The third-order valence-electron chi connectivity index (χ3n) is 4.77. The maximum Gasteiger partial charge on any atom is 0.283 e. The summed E-state index contributed by atoms with van der Waals surface area (Å²) in [5.74, 6) is -1.43. The first-order valence-electron chi connectivity index (χ1n) is 8.93. The molecule has 3 N–H and O–H groups in total. The van der Waals surface area contributed by atoms with Gasteiger partial charge in [0, 0.05) is 17.4 Å². The molecule has 1 amide bonds. The van der Waals surface area contributed by atoms with Gasteiger partial charge in [0.15, 0.2) is 12.3 Å². The Kier molecular flexibility index (Phi) is 5.64.